The van der Waals surface area contributed by atoms with E-state index in [1.165, 1.54) is 12.1 Å². The smallest absolute Gasteiger partial charge is 0.229 e. The van der Waals surface area contributed by atoms with Crippen molar-refractivity contribution in [2.75, 3.05) is 19.6 Å². The first-order chi connectivity index (χ1) is 11.7. The number of aromatic nitrogens is 2. The number of benzene rings is 1. The summed E-state index contributed by atoms with van der Waals surface area (Å²) in [6.07, 6.45) is 3.69. The van der Waals surface area contributed by atoms with Gasteiger partial charge in [0, 0.05) is 24.9 Å². The Morgan fingerprint density at radius 1 is 1.29 bits per heavy atom. The van der Waals surface area contributed by atoms with Crippen molar-refractivity contribution in [3.8, 4) is 0 Å². The summed E-state index contributed by atoms with van der Waals surface area (Å²) in [6.45, 7) is 2.22. The van der Waals surface area contributed by atoms with Crippen molar-refractivity contribution < 1.29 is 14.0 Å². The molecule has 1 N–H and O–H groups in total. The molecule has 0 bridgehead atoms. The molecule has 2 atom stereocenters. The number of β-amino-alcohol motifs (C(OH)–C–C–N with tert-alkyl or cyclic N) is 1. The predicted octanol–water partition coefficient (Wildman–Crippen LogP) is 3.00. The maximum Gasteiger partial charge on any atom is 0.229 e. The number of aliphatic hydroxyl groups is 1. The number of piperidine rings is 1. The van der Waals surface area contributed by atoms with Crippen LogP contribution in [0.25, 0.3) is 0 Å². The van der Waals surface area contributed by atoms with Gasteiger partial charge in [-0.25, -0.2) is 4.39 Å². The Labute approximate surface area is 140 Å². The summed E-state index contributed by atoms with van der Waals surface area (Å²) in [7, 11) is 0. The predicted molar refractivity (Wildman–Crippen MR) is 86.0 cm³/mol. The van der Waals surface area contributed by atoms with Crippen molar-refractivity contribution in [3.05, 3.63) is 47.4 Å². The van der Waals surface area contributed by atoms with Gasteiger partial charge >= 0.3 is 0 Å². The van der Waals surface area contributed by atoms with Gasteiger partial charge in [-0.2, -0.15) is 4.98 Å². The Hall–Kier alpha value is -1.79. The van der Waals surface area contributed by atoms with Gasteiger partial charge in [0.1, 0.15) is 5.82 Å². The molecule has 0 unspecified atom stereocenters. The molecule has 1 aromatic carbocycles. The van der Waals surface area contributed by atoms with E-state index in [0.717, 1.165) is 50.5 Å². The van der Waals surface area contributed by atoms with E-state index >= 15 is 0 Å². The molecule has 2 aromatic rings. The lowest BCUT2D eigenvalue weighted by molar-refractivity contribution is 0.0940. The molecule has 2 fully saturated rings. The van der Waals surface area contributed by atoms with Crippen molar-refractivity contribution >= 4 is 0 Å². The maximum absolute atomic E-state index is 13.3. The number of rotatable bonds is 5. The van der Waals surface area contributed by atoms with Crippen LogP contribution in [0.2, 0.25) is 0 Å². The SMILES string of the molecule is O[C@@H](CN1CCC[C@@H](c2noc(C3CC3)n2)C1)c1cccc(F)c1. The van der Waals surface area contributed by atoms with Crippen molar-refractivity contribution in [1.29, 1.82) is 0 Å². The first kappa shape index (κ1) is 15.7. The monoisotopic (exact) mass is 331 g/mol. The van der Waals surface area contributed by atoms with Crippen LogP contribution in [-0.2, 0) is 0 Å². The summed E-state index contributed by atoms with van der Waals surface area (Å²) in [5.74, 6) is 1.97. The average Bonchev–Trinajstić information content (AvgIpc) is 3.32. The van der Waals surface area contributed by atoms with E-state index in [1.807, 2.05) is 0 Å². The van der Waals surface area contributed by atoms with Crippen molar-refractivity contribution in [2.45, 2.75) is 43.6 Å². The van der Waals surface area contributed by atoms with E-state index in [-0.39, 0.29) is 11.7 Å². The highest BCUT2D eigenvalue weighted by molar-refractivity contribution is 5.19. The summed E-state index contributed by atoms with van der Waals surface area (Å²) in [5.41, 5.74) is 0.618. The molecule has 2 aliphatic rings. The fourth-order valence-electron chi connectivity index (χ4n) is 3.41. The molecular formula is C18H22FN3O2. The van der Waals surface area contributed by atoms with Gasteiger partial charge in [0.25, 0.3) is 0 Å². The second-order valence-corrected chi connectivity index (χ2v) is 6.93. The average molecular weight is 331 g/mol. The zero-order valence-electron chi connectivity index (χ0n) is 13.6. The van der Waals surface area contributed by atoms with E-state index in [2.05, 4.69) is 15.0 Å². The highest BCUT2D eigenvalue weighted by Crippen LogP contribution is 2.39. The van der Waals surface area contributed by atoms with E-state index < -0.39 is 6.10 Å². The second kappa shape index (κ2) is 6.61. The standard InChI is InChI=1S/C18H22FN3O2/c19-15-5-1-3-13(9-15)16(23)11-22-8-2-4-14(10-22)17-20-18(24-21-17)12-6-7-12/h1,3,5,9,12,14,16,23H,2,4,6-8,10-11H2/t14-,16+/m1/s1. The lowest BCUT2D eigenvalue weighted by Gasteiger charge is -2.32. The lowest BCUT2D eigenvalue weighted by atomic mass is 9.96. The minimum absolute atomic E-state index is 0.245. The van der Waals surface area contributed by atoms with Crippen LogP contribution in [0, 0.1) is 5.82 Å². The molecule has 0 amide bonds. The Bertz CT molecular complexity index is 701. The number of likely N-dealkylation sites (tertiary alicyclic amines) is 1. The van der Waals surface area contributed by atoms with Crippen LogP contribution in [-0.4, -0.2) is 39.8 Å². The molecule has 4 rings (SSSR count). The zero-order chi connectivity index (χ0) is 16.5. The number of hydrogen-bond acceptors (Lipinski definition) is 5. The van der Waals surface area contributed by atoms with Crippen LogP contribution in [0.4, 0.5) is 4.39 Å². The number of hydrogen-bond donors (Lipinski definition) is 1. The molecule has 128 valence electrons. The zero-order valence-corrected chi connectivity index (χ0v) is 13.6. The Balaban J connectivity index is 1.38. The van der Waals surface area contributed by atoms with Gasteiger partial charge in [-0.15, -0.1) is 0 Å². The molecule has 0 radical (unpaired) electrons. The van der Waals surface area contributed by atoms with E-state index in [9.17, 15) is 9.50 Å². The summed E-state index contributed by atoms with van der Waals surface area (Å²) in [4.78, 5) is 6.77. The molecule has 6 heteroatoms. The third kappa shape index (κ3) is 3.49. The van der Waals surface area contributed by atoms with Gasteiger partial charge in [-0.05, 0) is 49.9 Å². The molecule has 1 saturated heterocycles. The normalized spacial score (nSPS) is 23.3. The number of aliphatic hydroxyl groups excluding tert-OH is 1. The molecule has 2 heterocycles. The minimum atomic E-state index is -0.688. The Morgan fingerprint density at radius 2 is 2.17 bits per heavy atom. The van der Waals surface area contributed by atoms with E-state index in [0.29, 0.717) is 18.0 Å². The molecule has 1 aliphatic heterocycles. The van der Waals surface area contributed by atoms with Crippen LogP contribution in [0.3, 0.4) is 0 Å². The lowest BCUT2D eigenvalue weighted by Crippen LogP contribution is -2.37. The Kier molecular flexibility index (Phi) is 4.33. The summed E-state index contributed by atoms with van der Waals surface area (Å²) >= 11 is 0. The fraction of sp³-hybridized carbons (Fsp3) is 0.556. The molecule has 24 heavy (non-hydrogen) atoms. The maximum atomic E-state index is 13.3. The van der Waals surface area contributed by atoms with Crippen LogP contribution in [0.5, 0.6) is 0 Å². The number of nitrogens with zero attached hydrogens (tertiary/aromatic N) is 3. The van der Waals surface area contributed by atoms with Gasteiger partial charge in [0.15, 0.2) is 5.82 Å². The third-order valence-electron chi connectivity index (χ3n) is 4.92. The highest BCUT2D eigenvalue weighted by atomic mass is 19.1. The van der Waals surface area contributed by atoms with Crippen LogP contribution >= 0.6 is 0 Å². The molecular weight excluding hydrogens is 309 g/mol. The fourth-order valence-corrected chi connectivity index (χ4v) is 3.41. The van der Waals surface area contributed by atoms with Crippen LogP contribution in [0.15, 0.2) is 28.8 Å². The second-order valence-electron chi connectivity index (χ2n) is 6.93. The number of halogens is 1. The van der Waals surface area contributed by atoms with Gasteiger partial charge in [0.2, 0.25) is 5.89 Å². The molecule has 1 saturated carbocycles. The topological polar surface area (TPSA) is 62.4 Å². The van der Waals surface area contributed by atoms with E-state index in [4.69, 9.17) is 4.52 Å². The molecule has 0 spiro atoms. The van der Waals surface area contributed by atoms with Gasteiger partial charge in [0.05, 0.1) is 6.10 Å². The summed E-state index contributed by atoms with van der Waals surface area (Å²) < 4.78 is 18.7. The van der Waals surface area contributed by atoms with Gasteiger partial charge in [-0.3, -0.25) is 4.90 Å². The highest BCUT2D eigenvalue weighted by Gasteiger charge is 2.32. The van der Waals surface area contributed by atoms with E-state index in [1.54, 1.807) is 12.1 Å². The third-order valence-corrected chi connectivity index (χ3v) is 4.92. The molecule has 1 aliphatic carbocycles. The molecule has 1 aromatic heterocycles. The first-order valence-corrected chi connectivity index (χ1v) is 8.68. The van der Waals surface area contributed by atoms with Crippen molar-refractivity contribution in [2.24, 2.45) is 0 Å². The van der Waals surface area contributed by atoms with Crippen LogP contribution < -0.4 is 0 Å². The first-order valence-electron chi connectivity index (χ1n) is 8.68. The van der Waals surface area contributed by atoms with Crippen LogP contribution in [0.1, 0.15) is 60.9 Å². The van der Waals surface area contributed by atoms with Gasteiger partial charge in [-0.1, -0.05) is 17.3 Å². The van der Waals surface area contributed by atoms with Crippen molar-refractivity contribution in [1.82, 2.24) is 15.0 Å². The molecule has 5 nitrogen and oxygen atoms in total. The quantitative estimate of drug-likeness (QED) is 0.912. The summed E-state index contributed by atoms with van der Waals surface area (Å²) in [5, 5.41) is 14.5. The largest absolute Gasteiger partial charge is 0.387 e. The Morgan fingerprint density at radius 3 is 2.96 bits per heavy atom. The summed E-state index contributed by atoms with van der Waals surface area (Å²) in [6, 6.07) is 6.18. The van der Waals surface area contributed by atoms with Crippen molar-refractivity contribution in [3.63, 3.8) is 0 Å². The van der Waals surface area contributed by atoms with Gasteiger partial charge < -0.3 is 9.63 Å². The minimum Gasteiger partial charge on any atom is -0.387 e.